The molecular formula is C23H16ClNO8. The van der Waals surface area contributed by atoms with Crippen molar-refractivity contribution in [3.05, 3.63) is 93.0 Å². The molecule has 0 bridgehead atoms. The van der Waals surface area contributed by atoms with Crippen molar-refractivity contribution in [3.8, 4) is 17.2 Å². The first-order valence-corrected chi connectivity index (χ1v) is 9.82. The topological polar surface area (TPSA) is 122 Å². The number of ether oxygens (including phenoxy) is 3. The molecule has 9 nitrogen and oxygen atoms in total. The molecule has 10 heteroatoms. The monoisotopic (exact) mass is 469 g/mol. The van der Waals surface area contributed by atoms with Gasteiger partial charge in [0.25, 0.3) is 0 Å². The molecule has 168 valence electrons. The minimum atomic E-state index is -0.793. The number of carbonyl (C=O) groups excluding carboxylic acids is 3. The molecule has 0 N–H and O–H groups in total. The Morgan fingerprint density at radius 2 is 1.64 bits per heavy atom. The van der Waals surface area contributed by atoms with Crippen LogP contribution < -0.4 is 9.47 Å². The second-order valence-electron chi connectivity index (χ2n) is 6.59. The summed E-state index contributed by atoms with van der Waals surface area (Å²) in [4.78, 5) is 46.2. The maximum Gasteiger partial charge on any atom is 0.338 e. The molecule has 0 saturated carbocycles. The second kappa shape index (κ2) is 10.4. The summed E-state index contributed by atoms with van der Waals surface area (Å²) >= 11 is 6.02. The first kappa shape index (κ1) is 23.4. The molecule has 3 aromatic rings. The van der Waals surface area contributed by atoms with Gasteiger partial charge in [-0.15, -0.1) is 0 Å². The highest BCUT2D eigenvalue weighted by Crippen LogP contribution is 2.37. The van der Waals surface area contributed by atoms with Crippen LogP contribution in [0.15, 0.2) is 66.7 Å². The Morgan fingerprint density at radius 3 is 2.30 bits per heavy atom. The zero-order chi connectivity index (χ0) is 24.0. The molecule has 0 amide bonds. The van der Waals surface area contributed by atoms with Crippen molar-refractivity contribution >= 4 is 35.0 Å². The number of benzene rings is 3. The van der Waals surface area contributed by atoms with Crippen LogP contribution in [0.2, 0.25) is 5.02 Å². The Balaban J connectivity index is 1.66. The SMILES string of the molecule is CC(=O)Oc1ccc(C(=O)COC(=O)c2cccc(Oc3c(Cl)cccc3[N+](=O)[O-])c2)cc1. The largest absolute Gasteiger partial charge is 0.454 e. The Labute approximate surface area is 192 Å². The molecule has 0 aliphatic carbocycles. The molecule has 0 spiro atoms. The van der Waals surface area contributed by atoms with Gasteiger partial charge in [-0.05, 0) is 48.5 Å². The normalized spacial score (nSPS) is 10.2. The highest BCUT2D eigenvalue weighted by molar-refractivity contribution is 6.32. The van der Waals surface area contributed by atoms with Gasteiger partial charge >= 0.3 is 17.6 Å². The van der Waals surface area contributed by atoms with Crippen molar-refractivity contribution in [2.24, 2.45) is 0 Å². The number of hydrogen-bond donors (Lipinski definition) is 0. The summed E-state index contributed by atoms with van der Waals surface area (Å²) in [6, 6.07) is 15.6. The number of Topliss-reactive ketones (excluding diaryl/α,β-unsaturated/α-hetero) is 1. The van der Waals surface area contributed by atoms with E-state index in [9.17, 15) is 24.5 Å². The van der Waals surface area contributed by atoms with Crippen LogP contribution in [0.5, 0.6) is 17.2 Å². The molecule has 0 radical (unpaired) electrons. The van der Waals surface area contributed by atoms with Crippen molar-refractivity contribution in [2.75, 3.05) is 6.61 Å². The van der Waals surface area contributed by atoms with Crippen LogP contribution in [0.1, 0.15) is 27.6 Å². The number of nitro benzene ring substituents is 1. The summed E-state index contributed by atoms with van der Waals surface area (Å²) < 4.78 is 15.5. The van der Waals surface area contributed by atoms with E-state index in [0.717, 1.165) is 0 Å². The number of nitrogens with zero attached hydrogens (tertiary/aromatic N) is 1. The average Bonchev–Trinajstić information content (AvgIpc) is 2.78. The lowest BCUT2D eigenvalue weighted by Gasteiger charge is -2.09. The van der Waals surface area contributed by atoms with E-state index in [1.54, 1.807) is 0 Å². The smallest absolute Gasteiger partial charge is 0.338 e. The fourth-order valence-corrected chi connectivity index (χ4v) is 2.93. The van der Waals surface area contributed by atoms with Gasteiger partial charge in [-0.3, -0.25) is 19.7 Å². The maximum atomic E-state index is 12.4. The van der Waals surface area contributed by atoms with Gasteiger partial charge in [0.05, 0.1) is 15.5 Å². The standard InChI is InChI=1S/C23H16ClNO8/c1-14(26)32-17-10-8-15(9-11-17)21(27)13-31-23(28)16-4-2-5-18(12-16)33-22-19(24)6-3-7-20(22)25(29)30/h2-12H,13H2,1H3. The van der Waals surface area contributed by atoms with Gasteiger partial charge in [0.1, 0.15) is 11.5 Å². The summed E-state index contributed by atoms with van der Waals surface area (Å²) in [6.45, 7) is 0.737. The molecule has 33 heavy (non-hydrogen) atoms. The van der Waals surface area contributed by atoms with Crippen LogP contribution in [0.3, 0.4) is 0 Å². The average molecular weight is 470 g/mol. The first-order chi connectivity index (χ1) is 15.7. The quantitative estimate of drug-likeness (QED) is 0.148. The van der Waals surface area contributed by atoms with E-state index in [-0.39, 0.29) is 39.1 Å². The van der Waals surface area contributed by atoms with Crippen LogP contribution in [-0.4, -0.2) is 29.3 Å². The van der Waals surface area contributed by atoms with Crippen molar-refractivity contribution < 1.29 is 33.5 Å². The van der Waals surface area contributed by atoms with E-state index in [0.29, 0.717) is 0 Å². The van der Waals surface area contributed by atoms with Crippen LogP contribution in [0, 0.1) is 10.1 Å². The molecular weight excluding hydrogens is 454 g/mol. The number of carbonyl (C=O) groups is 3. The predicted molar refractivity (Wildman–Crippen MR) is 117 cm³/mol. The predicted octanol–water partition coefficient (Wildman–Crippen LogP) is 5.01. The Hall–Kier alpha value is -4.24. The van der Waals surface area contributed by atoms with Gasteiger partial charge in [0.2, 0.25) is 5.75 Å². The molecule has 0 atom stereocenters. The van der Waals surface area contributed by atoms with Crippen LogP contribution >= 0.6 is 11.6 Å². The summed E-state index contributed by atoms with van der Waals surface area (Å²) in [7, 11) is 0. The summed E-state index contributed by atoms with van der Waals surface area (Å²) in [5.41, 5.74) is 0.00262. The summed E-state index contributed by atoms with van der Waals surface area (Å²) in [6.07, 6.45) is 0. The molecule has 3 rings (SSSR count). The molecule has 0 aromatic heterocycles. The second-order valence-corrected chi connectivity index (χ2v) is 7.00. The summed E-state index contributed by atoms with van der Waals surface area (Å²) in [5.74, 6) is -1.50. The zero-order valence-electron chi connectivity index (χ0n) is 17.1. The van der Waals surface area contributed by atoms with Gasteiger partial charge in [-0.2, -0.15) is 0 Å². The first-order valence-electron chi connectivity index (χ1n) is 9.44. The van der Waals surface area contributed by atoms with Crippen LogP contribution in [0.4, 0.5) is 5.69 Å². The number of esters is 2. The highest BCUT2D eigenvalue weighted by atomic mass is 35.5. The molecule has 0 fully saturated rings. The van der Waals surface area contributed by atoms with E-state index in [4.69, 9.17) is 25.8 Å². The third-order valence-electron chi connectivity index (χ3n) is 4.20. The number of para-hydroxylation sites is 1. The van der Waals surface area contributed by atoms with E-state index in [1.165, 1.54) is 73.7 Å². The van der Waals surface area contributed by atoms with Crippen molar-refractivity contribution in [2.45, 2.75) is 6.92 Å². The summed E-state index contributed by atoms with van der Waals surface area (Å²) in [5, 5.41) is 11.2. The zero-order valence-corrected chi connectivity index (χ0v) is 17.9. The molecule has 0 unspecified atom stereocenters. The molecule has 0 heterocycles. The number of hydrogen-bond acceptors (Lipinski definition) is 8. The van der Waals surface area contributed by atoms with Gasteiger partial charge in [0.15, 0.2) is 12.4 Å². The minimum absolute atomic E-state index is 0.0301. The van der Waals surface area contributed by atoms with Gasteiger partial charge in [0, 0.05) is 18.6 Å². The number of rotatable bonds is 8. The van der Waals surface area contributed by atoms with E-state index in [2.05, 4.69) is 0 Å². The van der Waals surface area contributed by atoms with Crippen LogP contribution in [-0.2, 0) is 9.53 Å². The lowest BCUT2D eigenvalue weighted by atomic mass is 10.1. The fourth-order valence-electron chi connectivity index (χ4n) is 2.72. The molecule has 0 aliphatic heterocycles. The number of nitro groups is 1. The van der Waals surface area contributed by atoms with Crippen molar-refractivity contribution in [1.29, 1.82) is 0 Å². The van der Waals surface area contributed by atoms with Crippen molar-refractivity contribution in [3.63, 3.8) is 0 Å². The lowest BCUT2D eigenvalue weighted by Crippen LogP contribution is -2.14. The van der Waals surface area contributed by atoms with E-state index < -0.39 is 29.3 Å². The Bertz CT molecular complexity index is 1220. The highest BCUT2D eigenvalue weighted by Gasteiger charge is 2.20. The van der Waals surface area contributed by atoms with Crippen molar-refractivity contribution in [1.82, 2.24) is 0 Å². The molecule has 0 saturated heterocycles. The number of halogens is 1. The maximum absolute atomic E-state index is 12.4. The van der Waals surface area contributed by atoms with Gasteiger partial charge in [-0.1, -0.05) is 23.7 Å². The lowest BCUT2D eigenvalue weighted by molar-refractivity contribution is -0.385. The third-order valence-corrected chi connectivity index (χ3v) is 4.50. The van der Waals surface area contributed by atoms with E-state index in [1.807, 2.05) is 0 Å². The Kier molecular flexibility index (Phi) is 7.37. The van der Waals surface area contributed by atoms with Gasteiger partial charge in [-0.25, -0.2) is 4.79 Å². The van der Waals surface area contributed by atoms with E-state index >= 15 is 0 Å². The minimum Gasteiger partial charge on any atom is -0.454 e. The Morgan fingerprint density at radius 1 is 0.939 bits per heavy atom. The van der Waals surface area contributed by atoms with Gasteiger partial charge < -0.3 is 14.2 Å². The third kappa shape index (κ3) is 6.14. The molecule has 3 aromatic carbocycles. The fraction of sp³-hybridized carbons (Fsp3) is 0.0870. The number of ketones is 1. The molecule has 0 aliphatic rings. The van der Waals surface area contributed by atoms with Crippen LogP contribution in [0.25, 0.3) is 0 Å².